The minimum Gasteiger partial charge on any atom is -0.308 e. The summed E-state index contributed by atoms with van der Waals surface area (Å²) in [7, 11) is 0. The van der Waals surface area contributed by atoms with E-state index in [9.17, 15) is 0 Å². The summed E-state index contributed by atoms with van der Waals surface area (Å²) >= 11 is 1.86. The molecule has 0 aliphatic rings. The number of benzene rings is 7. The zero-order chi connectivity index (χ0) is 34.1. The van der Waals surface area contributed by atoms with Gasteiger partial charge in [0.1, 0.15) is 0 Å². The Hall–Kier alpha value is -6.43. The van der Waals surface area contributed by atoms with E-state index < -0.39 is 0 Å². The maximum atomic E-state index is 5.09. The van der Waals surface area contributed by atoms with E-state index in [1.54, 1.807) is 0 Å². The number of hydrogen-bond acceptors (Lipinski definition) is 2. The lowest BCUT2D eigenvalue weighted by molar-refractivity contribution is 1.06. The van der Waals surface area contributed by atoms with E-state index in [-0.39, 0.29) is 0 Å². The molecule has 9 rings (SSSR count). The van der Waals surface area contributed by atoms with Crippen LogP contribution in [0, 0.1) is 0 Å². The molecular weight excluding hydrogens is 641 g/mol. The Balaban J connectivity index is 1.30. The standard InChI is InChI=1S/C46H32N4S/c1-47-45(33-18-9-4-10-19-33)49-46(48-30-31-14-5-2-6-15-31)35-20-13-21-36(28-35)50-41-29-34(32-16-7-3-8-17-32)24-25-37(41)39-26-27-40-38-22-11-12-23-42(38)51-44(40)43(39)50/h2-29H,1,30H2/b48-46-,49-45-. The van der Waals surface area contributed by atoms with Crippen molar-refractivity contribution in [2.45, 2.75) is 6.54 Å². The van der Waals surface area contributed by atoms with Crippen LogP contribution in [0.25, 0.3) is 58.8 Å². The lowest BCUT2D eigenvalue weighted by Gasteiger charge is -2.12. The second-order valence-corrected chi connectivity index (χ2v) is 13.6. The molecule has 242 valence electrons. The summed E-state index contributed by atoms with van der Waals surface area (Å²) in [5.41, 5.74) is 8.65. The molecule has 0 atom stereocenters. The maximum Gasteiger partial charge on any atom is 0.161 e. The van der Waals surface area contributed by atoms with Crippen LogP contribution >= 0.6 is 11.3 Å². The van der Waals surface area contributed by atoms with Gasteiger partial charge in [0.2, 0.25) is 0 Å². The number of aliphatic imine (C=N–C) groups is 3. The van der Waals surface area contributed by atoms with E-state index >= 15 is 0 Å². The van der Waals surface area contributed by atoms with Gasteiger partial charge in [-0.05, 0) is 47.7 Å². The third-order valence-electron chi connectivity index (χ3n) is 9.39. The second kappa shape index (κ2) is 13.1. The first kappa shape index (κ1) is 30.6. The predicted molar refractivity (Wildman–Crippen MR) is 218 cm³/mol. The molecule has 9 aromatic rings. The van der Waals surface area contributed by atoms with Crippen molar-refractivity contribution in [1.29, 1.82) is 0 Å². The number of rotatable bonds is 6. The minimum absolute atomic E-state index is 0.487. The van der Waals surface area contributed by atoms with E-state index in [0.717, 1.165) is 27.9 Å². The number of hydrogen-bond donors (Lipinski definition) is 0. The highest BCUT2D eigenvalue weighted by Gasteiger charge is 2.19. The first-order chi connectivity index (χ1) is 25.2. The van der Waals surface area contributed by atoms with Crippen molar-refractivity contribution in [3.8, 4) is 16.8 Å². The average Bonchev–Trinajstić information content (AvgIpc) is 3.75. The normalized spacial score (nSPS) is 12.3. The molecule has 0 amide bonds. The van der Waals surface area contributed by atoms with E-state index in [0.29, 0.717) is 18.2 Å². The topological polar surface area (TPSA) is 42.0 Å². The SMILES string of the molecule is C=N/C(=N\C(=N/Cc1ccccc1)c1cccc(-n2c3cc(-c4ccccc4)ccc3c3ccc4c5ccccc5sc4c32)c1)c1ccccc1. The van der Waals surface area contributed by atoms with Gasteiger partial charge in [0.05, 0.1) is 22.3 Å². The minimum atomic E-state index is 0.487. The molecule has 7 aromatic carbocycles. The first-order valence-corrected chi connectivity index (χ1v) is 17.8. The fourth-order valence-corrected chi connectivity index (χ4v) is 8.20. The Morgan fingerprint density at radius 3 is 2.04 bits per heavy atom. The van der Waals surface area contributed by atoms with Gasteiger partial charge in [-0.1, -0.05) is 146 Å². The summed E-state index contributed by atoms with van der Waals surface area (Å²) in [4.78, 5) is 14.5. The summed E-state index contributed by atoms with van der Waals surface area (Å²) < 4.78 is 4.99. The lowest BCUT2D eigenvalue weighted by atomic mass is 10.0. The van der Waals surface area contributed by atoms with Crippen LogP contribution in [-0.4, -0.2) is 23.0 Å². The molecule has 0 aliphatic carbocycles. The molecule has 0 spiro atoms. The monoisotopic (exact) mass is 672 g/mol. The molecule has 0 N–H and O–H groups in total. The van der Waals surface area contributed by atoms with Crippen molar-refractivity contribution in [3.05, 3.63) is 187 Å². The van der Waals surface area contributed by atoms with Crippen LogP contribution in [0.2, 0.25) is 0 Å². The van der Waals surface area contributed by atoms with Crippen molar-refractivity contribution in [2.75, 3.05) is 0 Å². The van der Waals surface area contributed by atoms with Crippen LogP contribution in [0.15, 0.2) is 185 Å². The number of fused-ring (bicyclic) bond motifs is 7. The molecular formula is C46H32N4S. The molecule has 0 saturated heterocycles. The summed E-state index contributed by atoms with van der Waals surface area (Å²) in [5.74, 6) is 1.13. The van der Waals surface area contributed by atoms with Gasteiger partial charge in [0.25, 0.3) is 0 Å². The number of aromatic nitrogens is 1. The Kier molecular flexibility index (Phi) is 7.88. The van der Waals surface area contributed by atoms with Gasteiger partial charge in [-0.25, -0.2) is 9.98 Å². The average molecular weight is 673 g/mol. The highest BCUT2D eigenvalue weighted by atomic mass is 32.1. The number of thiophene rings is 1. The Bertz CT molecular complexity index is 2770. The molecule has 51 heavy (non-hydrogen) atoms. The van der Waals surface area contributed by atoms with Crippen molar-refractivity contribution in [2.24, 2.45) is 15.0 Å². The highest BCUT2D eigenvalue weighted by Crippen LogP contribution is 2.43. The van der Waals surface area contributed by atoms with Crippen LogP contribution in [0.3, 0.4) is 0 Å². The maximum absolute atomic E-state index is 5.09. The molecule has 5 heteroatoms. The van der Waals surface area contributed by atoms with Crippen molar-refractivity contribution in [3.63, 3.8) is 0 Å². The van der Waals surface area contributed by atoms with Gasteiger partial charge in [-0.15, -0.1) is 11.3 Å². The highest BCUT2D eigenvalue weighted by molar-refractivity contribution is 7.26. The summed E-state index contributed by atoms with van der Waals surface area (Å²) in [6.45, 7) is 4.36. The third-order valence-corrected chi connectivity index (χ3v) is 10.6. The molecule has 0 aliphatic heterocycles. The largest absolute Gasteiger partial charge is 0.308 e. The summed E-state index contributed by atoms with van der Waals surface area (Å²) in [6, 6.07) is 59.5. The third kappa shape index (κ3) is 5.64. The predicted octanol–water partition coefficient (Wildman–Crippen LogP) is 11.9. The van der Waals surface area contributed by atoms with E-state index in [1.807, 2.05) is 59.9 Å². The van der Waals surface area contributed by atoms with Crippen LogP contribution in [0.1, 0.15) is 16.7 Å². The second-order valence-electron chi connectivity index (χ2n) is 12.5. The molecule has 0 unspecified atom stereocenters. The fraction of sp³-hybridized carbons (Fsp3) is 0.0217. The van der Waals surface area contributed by atoms with E-state index in [1.165, 1.54) is 47.6 Å². The van der Waals surface area contributed by atoms with Crippen molar-refractivity contribution in [1.82, 2.24) is 4.57 Å². The van der Waals surface area contributed by atoms with Gasteiger partial charge in [0.15, 0.2) is 11.7 Å². The van der Waals surface area contributed by atoms with Gasteiger partial charge < -0.3 is 4.57 Å². The molecule has 2 aromatic heterocycles. The van der Waals surface area contributed by atoms with Gasteiger partial charge in [-0.3, -0.25) is 4.99 Å². The smallest absolute Gasteiger partial charge is 0.161 e. The van der Waals surface area contributed by atoms with Gasteiger partial charge >= 0.3 is 0 Å². The van der Waals surface area contributed by atoms with Crippen LogP contribution < -0.4 is 0 Å². The summed E-state index contributed by atoms with van der Waals surface area (Å²) in [5, 5.41) is 5.00. The Morgan fingerprint density at radius 2 is 1.24 bits per heavy atom. The first-order valence-electron chi connectivity index (χ1n) is 17.0. The molecule has 0 bridgehead atoms. The molecule has 0 radical (unpaired) electrons. The zero-order valence-electron chi connectivity index (χ0n) is 27.8. The van der Waals surface area contributed by atoms with Crippen LogP contribution in [0.5, 0.6) is 0 Å². The Labute approximate surface area is 300 Å². The number of nitrogens with zero attached hydrogens (tertiary/aromatic N) is 4. The number of amidine groups is 2. The van der Waals surface area contributed by atoms with Crippen LogP contribution in [-0.2, 0) is 6.54 Å². The van der Waals surface area contributed by atoms with Gasteiger partial charge in [-0.2, -0.15) is 0 Å². The molecule has 4 nitrogen and oxygen atoms in total. The van der Waals surface area contributed by atoms with Gasteiger partial charge in [0, 0.05) is 43.1 Å². The van der Waals surface area contributed by atoms with E-state index in [4.69, 9.17) is 9.98 Å². The molecule has 0 fully saturated rings. The van der Waals surface area contributed by atoms with Crippen LogP contribution in [0.4, 0.5) is 0 Å². The van der Waals surface area contributed by atoms with E-state index in [2.05, 4.69) is 138 Å². The summed E-state index contributed by atoms with van der Waals surface area (Å²) in [6.07, 6.45) is 0. The zero-order valence-corrected chi connectivity index (χ0v) is 28.6. The quantitative estimate of drug-likeness (QED) is 0.125. The molecule has 2 heterocycles. The van der Waals surface area contributed by atoms with Crippen molar-refractivity contribution < 1.29 is 0 Å². The lowest BCUT2D eigenvalue weighted by Crippen LogP contribution is -2.06. The van der Waals surface area contributed by atoms with Crippen molar-refractivity contribution >= 4 is 71.7 Å². The Morgan fingerprint density at radius 1 is 0.549 bits per heavy atom. The fourth-order valence-electron chi connectivity index (χ4n) is 6.96. The molecule has 0 saturated carbocycles.